The lowest BCUT2D eigenvalue weighted by atomic mass is 9.97. The Balaban J connectivity index is 1.60. The molecule has 126 valence electrons. The van der Waals surface area contributed by atoms with E-state index in [4.69, 9.17) is 4.74 Å². The highest BCUT2D eigenvalue weighted by molar-refractivity contribution is 5.95. The zero-order chi connectivity index (χ0) is 16.9. The van der Waals surface area contributed by atoms with E-state index in [0.717, 1.165) is 48.4 Å². The summed E-state index contributed by atoms with van der Waals surface area (Å²) in [6, 6.07) is 7.91. The van der Waals surface area contributed by atoms with E-state index in [2.05, 4.69) is 22.2 Å². The molecule has 0 saturated heterocycles. The van der Waals surface area contributed by atoms with E-state index in [9.17, 15) is 4.79 Å². The first-order valence-electron chi connectivity index (χ1n) is 8.23. The molecule has 0 saturated carbocycles. The van der Waals surface area contributed by atoms with Gasteiger partial charge in [0.15, 0.2) is 0 Å². The highest BCUT2D eigenvalue weighted by Gasteiger charge is 2.20. The molecule has 1 N–H and O–H groups in total. The van der Waals surface area contributed by atoms with Crippen molar-refractivity contribution in [3.05, 3.63) is 58.9 Å². The molecule has 1 aliphatic heterocycles. The van der Waals surface area contributed by atoms with E-state index < -0.39 is 0 Å². The largest absolute Gasteiger partial charge is 0.497 e. The van der Waals surface area contributed by atoms with Crippen LogP contribution in [0, 0.1) is 0 Å². The predicted octanol–water partition coefficient (Wildman–Crippen LogP) is 2.05. The lowest BCUT2D eigenvalue weighted by Gasteiger charge is -2.26. The van der Waals surface area contributed by atoms with Crippen LogP contribution in [0.1, 0.15) is 27.0 Å². The van der Waals surface area contributed by atoms with E-state index in [-0.39, 0.29) is 5.91 Å². The highest BCUT2D eigenvalue weighted by atomic mass is 16.5. The van der Waals surface area contributed by atoms with Crippen molar-refractivity contribution in [1.82, 2.24) is 15.2 Å². The van der Waals surface area contributed by atoms with Gasteiger partial charge in [-0.15, -0.1) is 0 Å². The number of nitrogens with zero attached hydrogens (tertiary/aromatic N) is 2. The Bertz CT molecular complexity index is 713. The molecule has 2 aromatic rings. The molecule has 0 spiro atoms. The number of aromatic nitrogens is 1. The summed E-state index contributed by atoms with van der Waals surface area (Å²) < 4.78 is 5.15. The first-order valence-corrected chi connectivity index (χ1v) is 8.23. The number of benzene rings is 1. The van der Waals surface area contributed by atoms with Crippen LogP contribution in [0.5, 0.6) is 5.75 Å². The Kier molecular flexibility index (Phi) is 5.11. The number of nitrogens with one attached hydrogen (secondary N) is 1. The summed E-state index contributed by atoms with van der Waals surface area (Å²) in [5, 5.41) is 3.01. The summed E-state index contributed by atoms with van der Waals surface area (Å²) in [6.45, 7) is 2.44. The van der Waals surface area contributed by atoms with Crippen LogP contribution in [0.2, 0.25) is 0 Å². The first kappa shape index (κ1) is 16.5. The molecule has 0 unspecified atom stereocenters. The van der Waals surface area contributed by atoms with Crippen molar-refractivity contribution >= 4 is 5.91 Å². The average Bonchev–Trinajstić information content (AvgIpc) is 2.61. The fraction of sp³-hybridized carbons (Fsp3) is 0.368. The summed E-state index contributed by atoms with van der Waals surface area (Å²) in [4.78, 5) is 19.0. The van der Waals surface area contributed by atoms with Gasteiger partial charge in [0.05, 0.1) is 12.7 Å². The Hall–Kier alpha value is -2.40. The van der Waals surface area contributed by atoms with Crippen LogP contribution in [-0.4, -0.2) is 43.0 Å². The van der Waals surface area contributed by atoms with Crippen molar-refractivity contribution in [2.45, 2.75) is 19.4 Å². The SMILES string of the molecule is COc1ccc(CCNC(=O)c2cncc3c2CCN(C)C3)cc1. The maximum Gasteiger partial charge on any atom is 0.253 e. The number of fused-ring (bicyclic) bond motifs is 1. The lowest BCUT2D eigenvalue weighted by Crippen LogP contribution is -2.31. The van der Waals surface area contributed by atoms with Crippen LogP contribution in [0.25, 0.3) is 0 Å². The molecule has 3 rings (SSSR count). The number of ether oxygens (including phenoxy) is 1. The summed E-state index contributed by atoms with van der Waals surface area (Å²) in [6.07, 6.45) is 5.25. The minimum atomic E-state index is -0.0302. The Labute approximate surface area is 142 Å². The molecule has 5 heteroatoms. The van der Waals surface area contributed by atoms with Gasteiger partial charge in [-0.05, 0) is 48.7 Å². The summed E-state index contributed by atoms with van der Waals surface area (Å²) in [5.74, 6) is 0.812. The minimum Gasteiger partial charge on any atom is -0.497 e. The third kappa shape index (κ3) is 3.74. The van der Waals surface area contributed by atoms with Crippen LogP contribution >= 0.6 is 0 Å². The zero-order valence-electron chi connectivity index (χ0n) is 14.2. The van der Waals surface area contributed by atoms with Gasteiger partial charge in [0.2, 0.25) is 0 Å². The lowest BCUT2D eigenvalue weighted by molar-refractivity contribution is 0.0952. The second-order valence-corrected chi connectivity index (χ2v) is 6.17. The van der Waals surface area contributed by atoms with E-state index in [0.29, 0.717) is 6.54 Å². The number of carbonyl (C=O) groups is 1. The number of hydrogen-bond acceptors (Lipinski definition) is 4. The smallest absolute Gasteiger partial charge is 0.253 e. The van der Waals surface area contributed by atoms with Crippen LogP contribution in [0.15, 0.2) is 36.7 Å². The fourth-order valence-corrected chi connectivity index (χ4v) is 3.04. The fourth-order valence-electron chi connectivity index (χ4n) is 3.04. The van der Waals surface area contributed by atoms with Crippen molar-refractivity contribution in [1.29, 1.82) is 0 Å². The molecule has 5 nitrogen and oxygen atoms in total. The van der Waals surface area contributed by atoms with Crippen LogP contribution in [0.3, 0.4) is 0 Å². The summed E-state index contributed by atoms with van der Waals surface area (Å²) in [5.41, 5.74) is 4.19. The Morgan fingerprint density at radius 3 is 2.83 bits per heavy atom. The first-order chi connectivity index (χ1) is 11.7. The van der Waals surface area contributed by atoms with Gasteiger partial charge >= 0.3 is 0 Å². The van der Waals surface area contributed by atoms with Gasteiger partial charge in [-0.2, -0.15) is 0 Å². The molecule has 0 bridgehead atoms. The number of carbonyl (C=O) groups excluding carboxylic acids is 1. The minimum absolute atomic E-state index is 0.0302. The molecule has 0 fully saturated rings. The number of hydrogen-bond donors (Lipinski definition) is 1. The maximum absolute atomic E-state index is 12.5. The predicted molar refractivity (Wildman–Crippen MR) is 93.3 cm³/mol. The molecule has 1 aromatic carbocycles. The number of pyridine rings is 1. The second-order valence-electron chi connectivity index (χ2n) is 6.17. The maximum atomic E-state index is 12.5. The van der Waals surface area contributed by atoms with Gasteiger partial charge in [0, 0.05) is 32.0 Å². The molecule has 0 radical (unpaired) electrons. The Morgan fingerprint density at radius 2 is 2.08 bits per heavy atom. The van der Waals surface area contributed by atoms with Crippen molar-refractivity contribution in [2.24, 2.45) is 0 Å². The van der Waals surface area contributed by atoms with Crippen molar-refractivity contribution in [2.75, 3.05) is 27.2 Å². The molecule has 0 atom stereocenters. The molecule has 1 aromatic heterocycles. The van der Waals surface area contributed by atoms with Crippen molar-refractivity contribution in [3.8, 4) is 5.75 Å². The van der Waals surface area contributed by atoms with Gasteiger partial charge in [-0.1, -0.05) is 12.1 Å². The Morgan fingerprint density at radius 1 is 1.29 bits per heavy atom. The van der Waals surface area contributed by atoms with E-state index in [1.807, 2.05) is 30.5 Å². The number of methoxy groups -OCH3 is 1. The van der Waals surface area contributed by atoms with Gasteiger partial charge in [0.1, 0.15) is 5.75 Å². The van der Waals surface area contributed by atoms with Crippen LogP contribution < -0.4 is 10.1 Å². The standard InChI is InChI=1S/C19H23N3O2/c1-22-10-8-17-15(13-22)11-20-12-18(17)19(23)21-9-7-14-3-5-16(24-2)6-4-14/h3-6,11-12H,7-10,13H2,1-2H3,(H,21,23). The third-order valence-corrected chi connectivity index (χ3v) is 4.43. The second kappa shape index (κ2) is 7.45. The third-order valence-electron chi connectivity index (χ3n) is 4.43. The highest BCUT2D eigenvalue weighted by Crippen LogP contribution is 2.20. The van der Waals surface area contributed by atoms with Crippen molar-refractivity contribution < 1.29 is 9.53 Å². The average molecular weight is 325 g/mol. The molecule has 0 aliphatic carbocycles. The van der Waals surface area contributed by atoms with E-state index in [1.165, 1.54) is 5.56 Å². The molecular formula is C19H23N3O2. The monoisotopic (exact) mass is 325 g/mol. The number of rotatable bonds is 5. The van der Waals surface area contributed by atoms with Gasteiger partial charge in [-0.3, -0.25) is 9.78 Å². The number of likely N-dealkylation sites (N-methyl/N-ethyl adjacent to an activating group) is 1. The molecular weight excluding hydrogens is 302 g/mol. The van der Waals surface area contributed by atoms with Crippen LogP contribution in [-0.2, 0) is 19.4 Å². The van der Waals surface area contributed by atoms with Crippen LogP contribution in [0.4, 0.5) is 0 Å². The van der Waals surface area contributed by atoms with Crippen molar-refractivity contribution in [3.63, 3.8) is 0 Å². The van der Waals surface area contributed by atoms with Gasteiger partial charge in [-0.25, -0.2) is 0 Å². The quantitative estimate of drug-likeness (QED) is 0.914. The molecule has 1 aliphatic rings. The zero-order valence-corrected chi connectivity index (χ0v) is 14.2. The molecule has 1 amide bonds. The van der Waals surface area contributed by atoms with Gasteiger partial charge < -0.3 is 15.0 Å². The molecule has 2 heterocycles. The molecule has 24 heavy (non-hydrogen) atoms. The number of amides is 1. The normalized spacial score (nSPS) is 14.1. The summed E-state index contributed by atoms with van der Waals surface area (Å²) in [7, 11) is 3.74. The van der Waals surface area contributed by atoms with Gasteiger partial charge in [0.25, 0.3) is 5.91 Å². The summed E-state index contributed by atoms with van der Waals surface area (Å²) >= 11 is 0. The topological polar surface area (TPSA) is 54.5 Å². The van der Waals surface area contributed by atoms with E-state index in [1.54, 1.807) is 13.3 Å². The van der Waals surface area contributed by atoms with E-state index >= 15 is 0 Å².